The molecule has 0 radical (unpaired) electrons. The minimum Gasteiger partial charge on any atom is -0.497 e. The summed E-state index contributed by atoms with van der Waals surface area (Å²) < 4.78 is 10.1. The molecule has 5 nitrogen and oxygen atoms in total. The molecule has 0 N–H and O–H groups in total. The van der Waals surface area contributed by atoms with Crippen molar-refractivity contribution < 1.29 is 19.1 Å². The highest BCUT2D eigenvalue weighted by molar-refractivity contribution is 5.95. The molecule has 1 atom stereocenters. The number of carbonyl (C=O) groups is 2. The number of esters is 1. The third-order valence-electron chi connectivity index (χ3n) is 3.63. The first-order valence-electron chi connectivity index (χ1n) is 7.45. The largest absolute Gasteiger partial charge is 0.497 e. The molecule has 0 aliphatic carbocycles. The quantitative estimate of drug-likeness (QED) is 0.618. The molecule has 5 heteroatoms. The van der Waals surface area contributed by atoms with E-state index in [1.54, 1.807) is 25.0 Å². The van der Waals surface area contributed by atoms with E-state index in [1.165, 1.54) is 6.08 Å². The predicted molar refractivity (Wildman–Crippen MR) is 83.4 cm³/mol. The van der Waals surface area contributed by atoms with E-state index in [4.69, 9.17) is 9.47 Å². The number of amides is 1. The molecule has 1 aromatic carbocycles. The van der Waals surface area contributed by atoms with Crippen molar-refractivity contribution in [3.63, 3.8) is 0 Å². The third-order valence-corrected chi connectivity index (χ3v) is 3.63. The maximum atomic E-state index is 12.3. The highest BCUT2D eigenvalue weighted by atomic mass is 16.5. The van der Waals surface area contributed by atoms with Crippen LogP contribution in [0.3, 0.4) is 0 Å². The van der Waals surface area contributed by atoms with Gasteiger partial charge in [-0.1, -0.05) is 12.1 Å². The van der Waals surface area contributed by atoms with Crippen molar-refractivity contribution in [3.05, 3.63) is 35.9 Å². The zero-order valence-electron chi connectivity index (χ0n) is 13.0. The number of hydrogen-bond donors (Lipinski definition) is 0. The first-order valence-corrected chi connectivity index (χ1v) is 7.45. The molecule has 1 fully saturated rings. The highest BCUT2D eigenvalue weighted by Crippen LogP contribution is 2.19. The Morgan fingerprint density at radius 1 is 1.32 bits per heavy atom. The summed E-state index contributed by atoms with van der Waals surface area (Å²) >= 11 is 0. The molecule has 2 rings (SSSR count). The summed E-state index contributed by atoms with van der Waals surface area (Å²) in [5.74, 6) is 0.294. The van der Waals surface area contributed by atoms with Gasteiger partial charge in [-0.3, -0.25) is 4.79 Å². The van der Waals surface area contributed by atoms with Gasteiger partial charge in [0.1, 0.15) is 11.8 Å². The monoisotopic (exact) mass is 303 g/mol. The molecule has 1 aliphatic heterocycles. The fraction of sp³-hybridized carbons (Fsp3) is 0.412. The molecule has 0 saturated carbocycles. The van der Waals surface area contributed by atoms with Crippen LogP contribution in [0.5, 0.6) is 5.75 Å². The van der Waals surface area contributed by atoms with Gasteiger partial charge in [-0.05, 0) is 43.5 Å². The fourth-order valence-corrected chi connectivity index (χ4v) is 2.49. The number of rotatable bonds is 5. The Hall–Kier alpha value is -2.30. The van der Waals surface area contributed by atoms with Crippen molar-refractivity contribution in [3.8, 4) is 5.75 Å². The molecule has 1 aliphatic rings. The van der Waals surface area contributed by atoms with Crippen LogP contribution in [0.2, 0.25) is 0 Å². The van der Waals surface area contributed by atoms with E-state index < -0.39 is 6.04 Å². The molecule has 1 saturated heterocycles. The molecule has 1 unspecified atom stereocenters. The Balaban J connectivity index is 2.00. The lowest BCUT2D eigenvalue weighted by molar-refractivity contribution is -0.151. The summed E-state index contributed by atoms with van der Waals surface area (Å²) in [7, 11) is 1.61. The maximum absolute atomic E-state index is 12.3. The minimum absolute atomic E-state index is 0.161. The van der Waals surface area contributed by atoms with Crippen molar-refractivity contribution >= 4 is 18.0 Å². The second kappa shape index (κ2) is 7.64. The van der Waals surface area contributed by atoms with Crippen molar-refractivity contribution in [1.82, 2.24) is 4.90 Å². The van der Waals surface area contributed by atoms with E-state index >= 15 is 0 Å². The van der Waals surface area contributed by atoms with Gasteiger partial charge < -0.3 is 14.4 Å². The topological polar surface area (TPSA) is 55.8 Å². The van der Waals surface area contributed by atoms with Gasteiger partial charge in [-0.15, -0.1) is 0 Å². The summed E-state index contributed by atoms with van der Waals surface area (Å²) in [6.07, 6.45) is 4.73. The lowest BCUT2D eigenvalue weighted by Crippen LogP contribution is -2.40. The summed E-state index contributed by atoms with van der Waals surface area (Å²) in [6, 6.07) is 6.96. The molecule has 118 valence electrons. The van der Waals surface area contributed by atoms with Crippen LogP contribution >= 0.6 is 0 Å². The van der Waals surface area contributed by atoms with Crippen LogP contribution < -0.4 is 4.74 Å². The Morgan fingerprint density at radius 2 is 2.05 bits per heavy atom. The summed E-state index contributed by atoms with van der Waals surface area (Å²) in [5.41, 5.74) is 0.904. The van der Waals surface area contributed by atoms with Crippen LogP contribution in [0.1, 0.15) is 25.3 Å². The number of carbonyl (C=O) groups excluding carboxylic acids is 2. The average molecular weight is 303 g/mol. The lowest BCUT2D eigenvalue weighted by Gasteiger charge is -2.21. The van der Waals surface area contributed by atoms with Crippen LogP contribution in [0.15, 0.2) is 30.3 Å². The molecule has 0 spiro atoms. The van der Waals surface area contributed by atoms with Crippen LogP contribution in [0.25, 0.3) is 6.08 Å². The molecule has 22 heavy (non-hydrogen) atoms. The van der Waals surface area contributed by atoms with Gasteiger partial charge in [0.05, 0.1) is 13.7 Å². The molecule has 0 aromatic heterocycles. The molecule has 1 aromatic rings. The van der Waals surface area contributed by atoms with Gasteiger partial charge in [-0.25, -0.2) is 4.79 Å². The summed E-state index contributed by atoms with van der Waals surface area (Å²) in [4.78, 5) is 25.7. The Kier molecular flexibility index (Phi) is 5.58. The van der Waals surface area contributed by atoms with Gasteiger partial charge in [0, 0.05) is 12.6 Å². The van der Waals surface area contributed by atoms with Crippen molar-refractivity contribution in [2.75, 3.05) is 20.3 Å². The van der Waals surface area contributed by atoms with Crippen LogP contribution in [0.4, 0.5) is 0 Å². The number of benzene rings is 1. The minimum atomic E-state index is -0.451. The molecule has 0 bridgehead atoms. The molecular weight excluding hydrogens is 282 g/mol. The standard InChI is InChI=1S/C17H21NO4/c1-3-22-17(20)15-5-4-12-18(15)16(19)11-8-13-6-9-14(21-2)10-7-13/h6-11,15H,3-5,12H2,1-2H3/b11-8+. The second-order valence-electron chi connectivity index (χ2n) is 5.05. The number of nitrogens with zero attached hydrogens (tertiary/aromatic N) is 1. The second-order valence-corrected chi connectivity index (χ2v) is 5.05. The number of methoxy groups -OCH3 is 1. The number of likely N-dealkylation sites (tertiary alicyclic amines) is 1. The van der Waals surface area contributed by atoms with E-state index in [0.717, 1.165) is 17.7 Å². The van der Waals surface area contributed by atoms with Crippen LogP contribution in [0, 0.1) is 0 Å². The first-order chi connectivity index (χ1) is 10.7. The van der Waals surface area contributed by atoms with Gasteiger partial charge >= 0.3 is 5.97 Å². The molecule has 1 heterocycles. The zero-order chi connectivity index (χ0) is 15.9. The molecule has 1 amide bonds. The van der Waals surface area contributed by atoms with Crippen molar-refractivity contribution in [2.45, 2.75) is 25.8 Å². The summed E-state index contributed by atoms with van der Waals surface area (Å²) in [6.45, 7) is 2.69. The van der Waals surface area contributed by atoms with Gasteiger partial charge in [0.15, 0.2) is 0 Å². The van der Waals surface area contributed by atoms with E-state index in [2.05, 4.69) is 0 Å². The lowest BCUT2D eigenvalue weighted by atomic mass is 10.2. The Labute approximate surface area is 130 Å². The van der Waals surface area contributed by atoms with Crippen molar-refractivity contribution in [2.24, 2.45) is 0 Å². The number of hydrogen-bond acceptors (Lipinski definition) is 4. The third kappa shape index (κ3) is 3.87. The van der Waals surface area contributed by atoms with Crippen LogP contribution in [-0.2, 0) is 14.3 Å². The Morgan fingerprint density at radius 3 is 2.68 bits per heavy atom. The normalized spacial score (nSPS) is 17.7. The zero-order valence-corrected chi connectivity index (χ0v) is 13.0. The van der Waals surface area contributed by atoms with Gasteiger partial charge in [0.25, 0.3) is 0 Å². The van der Waals surface area contributed by atoms with Gasteiger partial charge in [0.2, 0.25) is 5.91 Å². The van der Waals surface area contributed by atoms with E-state index in [-0.39, 0.29) is 11.9 Å². The fourth-order valence-electron chi connectivity index (χ4n) is 2.49. The van der Waals surface area contributed by atoms with E-state index in [1.807, 2.05) is 24.3 Å². The van der Waals surface area contributed by atoms with E-state index in [0.29, 0.717) is 19.6 Å². The van der Waals surface area contributed by atoms with Crippen LogP contribution in [-0.4, -0.2) is 43.1 Å². The summed E-state index contributed by atoms with van der Waals surface area (Å²) in [5, 5.41) is 0. The number of ether oxygens (including phenoxy) is 2. The highest BCUT2D eigenvalue weighted by Gasteiger charge is 2.33. The molecular formula is C17H21NO4. The smallest absolute Gasteiger partial charge is 0.328 e. The Bertz CT molecular complexity index is 550. The van der Waals surface area contributed by atoms with Crippen molar-refractivity contribution in [1.29, 1.82) is 0 Å². The average Bonchev–Trinajstić information content (AvgIpc) is 3.03. The van der Waals surface area contributed by atoms with E-state index in [9.17, 15) is 9.59 Å². The predicted octanol–water partition coefficient (Wildman–Crippen LogP) is 2.26. The van der Waals surface area contributed by atoms with Gasteiger partial charge in [-0.2, -0.15) is 0 Å². The SMILES string of the molecule is CCOC(=O)C1CCCN1C(=O)/C=C/c1ccc(OC)cc1. The maximum Gasteiger partial charge on any atom is 0.328 e. The first kappa shape index (κ1) is 16.1.